The van der Waals surface area contributed by atoms with Crippen molar-refractivity contribution in [1.82, 2.24) is 5.32 Å². The molecule has 0 aromatic heterocycles. The third-order valence-electron chi connectivity index (χ3n) is 2.44. The van der Waals surface area contributed by atoms with Crippen molar-refractivity contribution in [3.8, 4) is 0 Å². The van der Waals surface area contributed by atoms with Gasteiger partial charge in [-0.1, -0.05) is 20.8 Å². The fraction of sp³-hybridized carbons (Fsp3) is 0.769. The van der Waals surface area contributed by atoms with E-state index >= 15 is 0 Å². The molecule has 0 saturated carbocycles. The van der Waals surface area contributed by atoms with E-state index in [0.717, 1.165) is 0 Å². The van der Waals surface area contributed by atoms with Gasteiger partial charge in [-0.05, 0) is 25.7 Å². The summed E-state index contributed by atoms with van der Waals surface area (Å²) in [4.78, 5) is 33.6. The van der Waals surface area contributed by atoms with Gasteiger partial charge in [-0.3, -0.25) is 4.79 Å². The van der Waals surface area contributed by atoms with Crippen LogP contribution in [0.25, 0.3) is 0 Å². The van der Waals surface area contributed by atoms with E-state index in [4.69, 9.17) is 4.74 Å². The van der Waals surface area contributed by atoms with E-state index in [0.29, 0.717) is 12.8 Å². The molecule has 1 N–H and O–H groups in total. The van der Waals surface area contributed by atoms with Crippen molar-refractivity contribution in [3.05, 3.63) is 0 Å². The van der Waals surface area contributed by atoms with Gasteiger partial charge in [0.25, 0.3) is 0 Å². The number of hydrogen-bond donors (Lipinski definition) is 1. The van der Waals surface area contributed by atoms with Gasteiger partial charge in [0, 0.05) is 6.42 Å². The average molecular weight is 257 g/mol. The van der Waals surface area contributed by atoms with Gasteiger partial charge in [-0.15, -0.1) is 0 Å². The smallest absolute Gasteiger partial charge is 0.407 e. The van der Waals surface area contributed by atoms with Gasteiger partial charge in [-0.2, -0.15) is 0 Å². The molecule has 0 saturated heterocycles. The maximum atomic E-state index is 11.5. The Labute approximate surface area is 108 Å². The summed E-state index contributed by atoms with van der Waals surface area (Å²) in [6, 6.07) is -0.571. The minimum atomic E-state index is -0.617. The van der Waals surface area contributed by atoms with E-state index in [2.05, 4.69) is 5.32 Å². The van der Waals surface area contributed by atoms with Crippen LogP contribution in [0.2, 0.25) is 0 Å². The Morgan fingerprint density at radius 2 is 1.72 bits per heavy atom. The summed E-state index contributed by atoms with van der Waals surface area (Å²) < 4.78 is 4.91. The molecule has 0 aliphatic heterocycles. The second kappa shape index (κ2) is 7.13. The monoisotopic (exact) mass is 257 g/mol. The van der Waals surface area contributed by atoms with E-state index < -0.39 is 12.1 Å². The summed E-state index contributed by atoms with van der Waals surface area (Å²) in [6.45, 7) is 8.72. The lowest BCUT2D eigenvalue weighted by atomic mass is 9.85. The predicted molar refractivity (Wildman–Crippen MR) is 68.3 cm³/mol. The molecule has 0 radical (unpaired) electrons. The van der Waals surface area contributed by atoms with Crippen LogP contribution >= 0.6 is 0 Å². The van der Waals surface area contributed by atoms with Crippen molar-refractivity contribution in [2.75, 3.05) is 6.61 Å². The number of carbonyl (C=O) groups excluding carboxylic acids is 3. The number of alkyl carbamates (subject to hydrolysis) is 1. The largest absolute Gasteiger partial charge is 0.450 e. The first-order valence-corrected chi connectivity index (χ1v) is 6.07. The van der Waals surface area contributed by atoms with Crippen molar-refractivity contribution in [2.24, 2.45) is 5.41 Å². The van der Waals surface area contributed by atoms with Crippen LogP contribution in [0.1, 0.15) is 47.5 Å². The van der Waals surface area contributed by atoms with Crippen LogP contribution in [0.15, 0.2) is 0 Å². The normalized spacial score (nSPS) is 12.7. The first-order valence-electron chi connectivity index (χ1n) is 6.07. The molecule has 0 aliphatic carbocycles. The summed E-state index contributed by atoms with van der Waals surface area (Å²) in [5.74, 6) is -0.0431. The van der Waals surface area contributed by atoms with E-state index in [1.165, 1.54) is 13.8 Å². The van der Waals surface area contributed by atoms with Crippen molar-refractivity contribution >= 4 is 17.7 Å². The van der Waals surface area contributed by atoms with Gasteiger partial charge in [0.05, 0.1) is 12.6 Å². The van der Waals surface area contributed by atoms with Crippen LogP contribution in [0.4, 0.5) is 4.79 Å². The zero-order valence-electron chi connectivity index (χ0n) is 11.8. The third kappa shape index (κ3) is 7.04. The molecule has 0 heterocycles. The van der Waals surface area contributed by atoms with Gasteiger partial charge >= 0.3 is 6.09 Å². The molecule has 0 rings (SSSR count). The maximum absolute atomic E-state index is 11.5. The van der Waals surface area contributed by atoms with Crippen LogP contribution in [0, 0.1) is 5.41 Å². The average Bonchev–Trinajstić information content (AvgIpc) is 2.18. The van der Waals surface area contributed by atoms with Crippen molar-refractivity contribution < 1.29 is 19.1 Å². The number of Topliss-reactive ketones (excluding diaryl/α,β-unsaturated/α-hetero) is 2. The summed E-state index contributed by atoms with van der Waals surface area (Å²) in [6.07, 6.45) is 0.278. The lowest BCUT2D eigenvalue weighted by Gasteiger charge is -2.28. The van der Waals surface area contributed by atoms with E-state index in [-0.39, 0.29) is 23.6 Å². The van der Waals surface area contributed by atoms with Crippen molar-refractivity contribution in [1.29, 1.82) is 0 Å². The lowest BCUT2D eigenvalue weighted by Crippen LogP contribution is -2.48. The SMILES string of the molecule is CC(=O)CCCOC(=O)NC(C(C)=O)C(C)(C)C. The van der Waals surface area contributed by atoms with Crippen LogP contribution in [-0.2, 0) is 14.3 Å². The second-order valence-electron chi connectivity index (χ2n) is 5.50. The first-order chi connectivity index (χ1) is 8.14. The summed E-state index contributed by atoms with van der Waals surface area (Å²) >= 11 is 0. The zero-order valence-corrected chi connectivity index (χ0v) is 11.8. The summed E-state index contributed by atoms with van der Waals surface area (Å²) in [5.41, 5.74) is -0.357. The van der Waals surface area contributed by atoms with Gasteiger partial charge in [-0.25, -0.2) is 4.79 Å². The van der Waals surface area contributed by atoms with Crippen LogP contribution in [0.5, 0.6) is 0 Å². The molecule has 0 aliphatic rings. The highest BCUT2D eigenvalue weighted by atomic mass is 16.5. The quantitative estimate of drug-likeness (QED) is 0.739. The molecular formula is C13H23NO4. The number of ether oxygens (including phenoxy) is 1. The molecule has 1 unspecified atom stereocenters. The van der Waals surface area contributed by atoms with Gasteiger partial charge in [0.1, 0.15) is 5.78 Å². The summed E-state index contributed by atoms with van der Waals surface area (Å²) in [7, 11) is 0. The number of ketones is 2. The minimum absolute atomic E-state index is 0.0651. The first kappa shape index (κ1) is 16.6. The molecular weight excluding hydrogens is 234 g/mol. The van der Waals surface area contributed by atoms with Crippen LogP contribution in [-0.4, -0.2) is 30.3 Å². The standard InChI is InChI=1S/C13H23NO4/c1-9(15)7-6-8-18-12(17)14-11(10(2)16)13(3,4)5/h11H,6-8H2,1-5H3,(H,14,17). The number of rotatable bonds is 6. The van der Waals surface area contributed by atoms with Gasteiger partial charge in [0.15, 0.2) is 5.78 Å². The van der Waals surface area contributed by atoms with E-state index in [1.54, 1.807) is 0 Å². The molecule has 1 atom stereocenters. The lowest BCUT2D eigenvalue weighted by molar-refractivity contribution is -0.121. The highest BCUT2D eigenvalue weighted by Crippen LogP contribution is 2.19. The van der Waals surface area contributed by atoms with Crippen molar-refractivity contribution in [3.63, 3.8) is 0 Å². The Hall–Kier alpha value is -1.39. The molecule has 5 nitrogen and oxygen atoms in total. The van der Waals surface area contributed by atoms with Crippen LogP contribution < -0.4 is 5.32 Å². The number of nitrogens with one attached hydrogen (secondary N) is 1. The van der Waals surface area contributed by atoms with Gasteiger partial charge in [0.2, 0.25) is 0 Å². The third-order valence-corrected chi connectivity index (χ3v) is 2.44. The molecule has 18 heavy (non-hydrogen) atoms. The highest BCUT2D eigenvalue weighted by molar-refractivity contribution is 5.86. The van der Waals surface area contributed by atoms with Crippen LogP contribution in [0.3, 0.4) is 0 Å². The summed E-state index contributed by atoms with van der Waals surface area (Å²) in [5, 5.41) is 2.55. The molecule has 0 aromatic carbocycles. The molecule has 0 fully saturated rings. The van der Waals surface area contributed by atoms with Crippen molar-refractivity contribution in [2.45, 2.75) is 53.5 Å². The molecule has 0 bridgehead atoms. The Morgan fingerprint density at radius 1 is 1.17 bits per heavy atom. The van der Waals surface area contributed by atoms with E-state index in [1.807, 2.05) is 20.8 Å². The Balaban J connectivity index is 4.12. The Morgan fingerprint density at radius 3 is 2.11 bits per heavy atom. The number of hydrogen-bond acceptors (Lipinski definition) is 4. The zero-order chi connectivity index (χ0) is 14.3. The number of amides is 1. The Kier molecular flexibility index (Phi) is 6.58. The highest BCUT2D eigenvalue weighted by Gasteiger charge is 2.30. The van der Waals surface area contributed by atoms with Gasteiger partial charge < -0.3 is 14.8 Å². The minimum Gasteiger partial charge on any atom is -0.450 e. The second-order valence-corrected chi connectivity index (χ2v) is 5.50. The topological polar surface area (TPSA) is 72.5 Å². The molecule has 0 spiro atoms. The fourth-order valence-electron chi connectivity index (χ4n) is 1.57. The Bertz CT molecular complexity index is 317. The van der Waals surface area contributed by atoms with E-state index in [9.17, 15) is 14.4 Å². The molecule has 1 amide bonds. The fourth-order valence-corrected chi connectivity index (χ4v) is 1.57. The molecule has 0 aromatic rings. The molecule has 104 valence electrons. The number of carbonyl (C=O) groups is 3. The molecule has 5 heteroatoms. The predicted octanol–water partition coefficient (Wildman–Crippen LogP) is 2.09. The maximum Gasteiger partial charge on any atom is 0.407 e.